The number of imidazole rings is 1. The normalized spacial score (nSPS) is 21.2. The van der Waals surface area contributed by atoms with Crippen LogP contribution < -0.4 is 25.9 Å². The number of H-pyrrole nitrogens is 1. The van der Waals surface area contributed by atoms with E-state index in [-0.39, 0.29) is 5.91 Å². The Balaban J connectivity index is 1.94. The third-order valence-corrected chi connectivity index (χ3v) is 4.97. The molecular formula is C16H13BrN6O+2. The standard InChI is InChI=1S/C16H11BrN6O/c17-8-5-6-10-9(7-8)16(13(24)19-10)22-14(18)21-15-20-11-3-1-2-4-12(11)23(15)16/h1-7H,(H4,18,19,20,21,22,24)/p+2/t16-/m0/s1. The van der Waals surface area contributed by atoms with Crippen LogP contribution in [0.25, 0.3) is 11.0 Å². The number of amides is 1. The van der Waals surface area contributed by atoms with Crippen LogP contribution in [0.2, 0.25) is 0 Å². The number of guanidine groups is 1. The lowest BCUT2D eigenvalue weighted by molar-refractivity contribution is -0.872. The van der Waals surface area contributed by atoms with Crippen LogP contribution in [0.15, 0.2) is 46.9 Å². The fraction of sp³-hybridized carbons (Fsp3) is 0.0625. The predicted octanol–water partition coefficient (Wildman–Crippen LogP) is -0.308. The number of rotatable bonds is 0. The lowest BCUT2D eigenvalue weighted by atomic mass is 10.00. The summed E-state index contributed by atoms with van der Waals surface area (Å²) >= 11 is 3.49. The molecule has 24 heavy (non-hydrogen) atoms. The minimum absolute atomic E-state index is 0.184. The first-order chi connectivity index (χ1) is 11.6. The molecule has 2 aromatic carbocycles. The van der Waals surface area contributed by atoms with Crippen molar-refractivity contribution in [2.45, 2.75) is 5.66 Å². The second-order valence-electron chi connectivity index (χ2n) is 5.84. The number of carbonyl (C=O) groups excluding carboxylic acids is 1. The van der Waals surface area contributed by atoms with Gasteiger partial charge in [-0.2, -0.15) is 9.88 Å². The molecule has 8 heteroatoms. The van der Waals surface area contributed by atoms with Crippen LogP contribution in [-0.2, 0) is 10.5 Å². The second-order valence-corrected chi connectivity index (χ2v) is 6.76. The van der Waals surface area contributed by atoms with Gasteiger partial charge in [0.15, 0.2) is 0 Å². The molecule has 1 aromatic heterocycles. The number of aromatic nitrogens is 2. The highest BCUT2D eigenvalue weighted by molar-refractivity contribution is 9.10. The number of nitrogens with one attached hydrogen (secondary N) is 4. The van der Waals surface area contributed by atoms with Crippen molar-refractivity contribution in [1.29, 1.82) is 0 Å². The van der Waals surface area contributed by atoms with Crippen molar-refractivity contribution in [3.05, 3.63) is 52.5 Å². The Bertz CT molecular complexity index is 1070. The highest BCUT2D eigenvalue weighted by Gasteiger charge is 2.58. The maximum absolute atomic E-state index is 13.0. The Morgan fingerprint density at radius 3 is 2.88 bits per heavy atom. The topological polar surface area (TPSA) is 101 Å². The SMILES string of the molecule is NC1=[NH+][C@]2(C(=O)Nc3ccc(Br)cc32)[n+]2c([nH]c3ccccc32)N1. The van der Waals surface area contributed by atoms with Crippen molar-refractivity contribution in [1.82, 2.24) is 4.98 Å². The Morgan fingerprint density at radius 2 is 2.00 bits per heavy atom. The summed E-state index contributed by atoms with van der Waals surface area (Å²) in [6.45, 7) is 0. The molecule has 118 valence electrons. The Morgan fingerprint density at radius 1 is 1.17 bits per heavy atom. The van der Waals surface area contributed by atoms with Crippen LogP contribution in [0.4, 0.5) is 11.6 Å². The Hall–Kier alpha value is -2.87. The van der Waals surface area contributed by atoms with Crippen molar-refractivity contribution in [3.8, 4) is 0 Å². The number of nitrogens with two attached hydrogens (primary N) is 1. The van der Waals surface area contributed by atoms with Crippen LogP contribution in [0.3, 0.4) is 0 Å². The summed E-state index contributed by atoms with van der Waals surface area (Å²) in [5.41, 5.74) is 8.27. The van der Waals surface area contributed by atoms with Gasteiger partial charge >= 0.3 is 23.5 Å². The number of halogens is 1. The summed E-state index contributed by atoms with van der Waals surface area (Å²) in [5, 5.41) is 6.01. The molecule has 7 nitrogen and oxygen atoms in total. The van der Waals surface area contributed by atoms with Gasteiger partial charge in [-0.25, -0.2) is 9.98 Å². The van der Waals surface area contributed by atoms with Gasteiger partial charge in [0, 0.05) is 4.47 Å². The van der Waals surface area contributed by atoms with Gasteiger partial charge < -0.3 is 5.32 Å². The fourth-order valence-electron chi connectivity index (χ4n) is 3.53. The van der Waals surface area contributed by atoms with Crippen molar-refractivity contribution in [2.75, 3.05) is 10.6 Å². The third-order valence-electron chi connectivity index (χ3n) is 4.47. The summed E-state index contributed by atoms with van der Waals surface area (Å²) in [6, 6.07) is 13.5. The van der Waals surface area contributed by atoms with Gasteiger partial charge in [-0.1, -0.05) is 28.1 Å². The molecule has 0 saturated carbocycles. The summed E-state index contributed by atoms with van der Waals surface area (Å²) in [5.74, 6) is 0.774. The molecule has 0 unspecified atom stereocenters. The number of nitrogens with zero attached hydrogens (tertiary/aromatic N) is 1. The largest absolute Gasteiger partial charge is 0.369 e. The van der Waals surface area contributed by atoms with Crippen molar-refractivity contribution >= 4 is 50.5 Å². The zero-order valence-electron chi connectivity index (χ0n) is 12.4. The number of para-hydroxylation sites is 2. The highest BCUT2D eigenvalue weighted by Crippen LogP contribution is 2.35. The van der Waals surface area contributed by atoms with Gasteiger partial charge in [0.1, 0.15) is 11.0 Å². The Labute approximate surface area is 144 Å². The molecule has 0 fully saturated rings. The Kier molecular flexibility index (Phi) is 2.46. The van der Waals surface area contributed by atoms with Gasteiger partial charge in [0.2, 0.25) is 0 Å². The number of anilines is 2. The average molecular weight is 385 g/mol. The first kappa shape index (κ1) is 13.6. The van der Waals surface area contributed by atoms with E-state index in [1.807, 2.05) is 47.0 Å². The quantitative estimate of drug-likeness (QED) is 0.343. The third kappa shape index (κ3) is 1.53. The van der Waals surface area contributed by atoms with E-state index < -0.39 is 5.66 Å². The van der Waals surface area contributed by atoms with Crippen LogP contribution in [0.1, 0.15) is 5.56 Å². The van der Waals surface area contributed by atoms with E-state index in [9.17, 15) is 4.79 Å². The van der Waals surface area contributed by atoms with E-state index in [1.165, 1.54) is 0 Å². The van der Waals surface area contributed by atoms with E-state index in [4.69, 9.17) is 5.73 Å². The minimum atomic E-state index is -1.15. The molecule has 1 spiro atoms. The van der Waals surface area contributed by atoms with Gasteiger partial charge in [0.05, 0.1) is 11.3 Å². The lowest BCUT2D eigenvalue weighted by Gasteiger charge is -2.24. The highest BCUT2D eigenvalue weighted by atomic mass is 79.9. The number of aromatic amines is 1. The first-order valence-electron chi connectivity index (χ1n) is 7.42. The zero-order valence-corrected chi connectivity index (χ0v) is 13.9. The molecule has 0 saturated heterocycles. The maximum atomic E-state index is 13.0. The molecular weight excluding hydrogens is 372 g/mol. The van der Waals surface area contributed by atoms with Gasteiger partial charge in [-0.05, 0) is 30.3 Å². The van der Waals surface area contributed by atoms with Gasteiger partial charge in [-0.3, -0.25) is 10.5 Å². The summed E-state index contributed by atoms with van der Waals surface area (Å²) < 4.78 is 2.80. The van der Waals surface area contributed by atoms with Crippen molar-refractivity contribution in [3.63, 3.8) is 0 Å². The molecule has 5 rings (SSSR count). The molecule has 1 atom stereocenters. The molecule has 6 N–H and O–H groups in total. The smallest absolute Gasteiger partial charge is 0.319 e. The number of hydrogen-bond donors (Lipinski definition) is 5. The number of carbonyl (C=O) groups is 1. The van der Waals surface area contributed by atoms with Crippen molar-refractivity contribution in [2.24, 2.45) is 5.73 Å². The van der Waals surface area contributed by atoms with E-state index >= 15 is 0 Å². The fourth-order valence-corrected chi connectivity index (χ4v) is 3.89. The van der Waals surface area contributed by atoms with E-state index in [0.717, 1.165) is 26.8 Å². The van der Waals surface area contributed by atoms with Crippen LogP contribution in [-0.4, -0.2) is 16.9 Å². The number of fused-ring (bicyclic) bond motifs is 6. The molecule has 2 aliphatic rings. The number of benzene rings is 2. The van der Waals surface area contributed by atoms with Crippen LogP contribution in [0, 0.1) is 0 Å². The molecule has 1 amide bonds. The average Bonchev–Trinajstić information content (AvgIpc) is 3.04. The van der Waals surface area contributed by atoms with E-state index in [0.29, 0.717) is 11.9 Å². The van der Waals surface area contributed by atoms with Crippen molar-refractivity contribution < 1.29 is 14.4 Å². The molecule has 0 radical (unpaired) electrons. The molecule has 3 heterocycles. The lowest BCUT2D eigenvalue weighted by Crippen LogP contribution is -3.00. The molecule has 0 bridgehead atoms. The monoisotopic (exact) mass is 384 g/mol. The molecule has 2 aliphatic heterocycles. The van der Waals surface area contributed by atoms with Gasteiger partial charge in [-0.15, -0.1) is 0 Å². The maximum Gasteiger partial charge on any atom is 0.369 e. The van der Waals surface area contributed by atoms with E-state index in [1.54, 1.807) is 0 Å². The van der Waals surface area contributed by atoms with Crippen LogP contribution in [0.5, 0.6) is 0 Å². The van der Waals surface area contributed by atoms with Crippen LogP contribution >= 0.6 is 15.9 Å². The number of hydrogen-bond acceptors (Lipinski definition) is 3. The second kappa shape index (κ2) is 4.35. The summed E-state index contributed by atoms with van der Waals surface area (Å²) in [6.07, 6.45) is 0. The molecule has 0 aliphatic carbocycles. The summed E-state index contributed by atoms with van der Waals surface area (Å²) in [4.78, 5) is 19.5. The summed E-state index contributed by atoms with van der Waals surface area (Å²) in [7, 11) is 0. The van der Waals surface area contributed by atoms with Gasteiger partial charge in [0.25, 0.3) is 0 Å². The van der Waals surface area contributed by atoms with E-state index in [2.05, 4.69) is 36.5 Å². The minimum Gasteiger partial charge on any atom is -0.319 e. The molecule has 3 aromatic rings. The predicted molar refractivity (Wildman–Crippen MR) is 92.1 cm³/mol. The zero-order chi connectivity index (χ0) is 16.5. The first-order valence-corrected chi connectivity index (χ1v) is 8.21.